The van der Waals surface area contributed by atoms with Crippen LogP contribution in [0, 0.1) is 5.92 Å². The fourth-order valence-corrected chi connectivity index (χ4v) is 3.09. The number of piperidine rings is 1. The summed E-state index contributed by atoms with van der Waals surface area (Å²) in [6.45, 7) is 1.52. The monoisotopic (exact) mass is 315 g/mol. The van der Waals surface area contributed by atoms with E-state index in [1.807, 2.05) is 0 Å². The molecule has 0 spiro atoms. The van der Waals surface area contributed by atoms with Crippen LogP contribution in [0.3, 0.4) is 0 Å². The lowest BCUT2D eigenvalue weighted by Crippen LogP contribution is -2.44. The van der Waals surface area contributed by atoms with Gasteiger partial charge in [-0.3, -0.25) is 9.48 Å². The molecule has 9 heteroatoms. The van der Waals surface area contributed by atoms with Crippen molar-refractivity contribution < 1.29 is 13.2 Å². The molecule has 1 aromatic heterocycles. The van der Waals surface area contributed by atoms with Crippen LogP contribution in [0.1, 0.15) is 23.3 Å². The summed E-state index contributed by atoms with van der Waals surface area (Å²) in [6.07, 6.45) is 4.34. The molecule has 0 bridgehead atoms. The Labute approximate surface area is 124 Å². The smallest absolute Gasteiger partial charge is 0.274 e. The van der Waals surface area contributed by atoms with Gasteiger partial charge in [-0.15, -0.1) is 0 Å². The molecule has 8 nitrogen and oxygen atoms in total. The number of carbonyl (C=O) groups excluding carboxylic acids is 1. The molecule has 1 amide bonds. The normalized spacial score (nSPS) is 19.7. The third-order valence-corrected chi connectivity index (χ3v) is 4.30. The Hall–Kier alpha value is -1.61. The zero-order valence-corrected chi connectivity index (χ0v) is 13.1. The summed E-state index contributed by atoms with van der Waals surface area (Å²) in [6, 6.07) is 0. The van der Waals surface area contributed by atoms with E-state index in [2.05, 4.69) is 9.82 Å². The number of anilines is 1. The topological polar surface area (TPSA) is 110 Å². The number of nitrogens with two attached hydrogens (primary N) is 1. The van der Waals surface area contributed by atoms with Crippen molar-refractivity contribution >= 4 is 21.6 Å². The Balaban J connectivity index is 2.02. The molecule has 1 aliphatic rings. The zero-order valence-electron chi connectivity index (χ0n) is 12.2. The van der Waals surface area contributed by atoms with Crippen molar-refractivity contribution in [3.63, 3.8) is 0 Å². The second-order valence-electron chi connectivity index (χ2n) is 5.45. The summed E-state index contributed by atoms with van der Waals surface area (Å²) >= 11 is 0. The van der Waals surface area contributed by atoms with Gasteiger partial charge < -0.3 is 10.6 Å². The number of hydrogen-bond acceptors (Lipinski definition) is 5. The van der Waals surface area contributed by atoms with Gasteiger partial charge >= 0.3 is 0 Å². The maximum atomic E-state index is 12.5. The highest BCUT2D eigenvalue weighted by atomic mass is 32.2. The van der Waals surface area contributed by atoms with E-state index in [9.17, 15) is 13.2 Å². The van der Waals surface area contributed by atoms with Gasteiger partial charge in [0.2, 0.25) is 10.0 Å². The van der Waals surface area contributed by atoms with E-state index in [1.54, 1.807) is 11.9 Å². The summed E-state index contributed by atoms with van der Waals surface area (Å²) in [4.78, 5) is 14.2. The van der Waals surface area contributed by atoms with E-state index in [0.717, 1.165) is 19.1 Å². The minimum absolute atomic E-state index is 0.117. The SMILES string of the molecule is Cn1ncc(N)c1C(=O)N1CCCC(CNS(C)(=O)=O)C1. The molecule has 1 unspecified atom stereocenters. The minimum Gasteiger partial charge on any atom is -0.396 e. The van der Waals surface area contributed by atoms with Crippen LogP contribution in [0.4, 0.5) is 5.69 Å². The van der Waals surface area contributed by atoms with Gasteiger partial charge in [-0.1, -0.05) is 0 Å². The van der Waals surface area contributed by atoms with Crippen LogP contribution < -0.4 is 10.5 Å². The first kappa shape index (κ1) is 15.8. The minimum atomic E-state index is -3.21. The lowest BCUT2D eigenvalue weighted by Gasteiger charge is -2.32. The van der Waals surface area contributed by atoms with Crippen molar-refractivity contribution in [2.24, 2.45) is 13.0 Å². The number of amides is 1. The van der Waals surface area contributed by atoms with Gasteiger partial charge in [0.15, 0.2) is 0 Å². The number of aryl methyl sites for hydroxylation is 1. The number of nitrogens with one attached hydrogen (secondary N) is 1. The molecule has 2 rings (SSSR count). The Morgan fingerprint density at radius 3 is 2.86 bits per heavy atom. The van der Waals surface area contributed by atoms with Crippen molar-refractivity contribution in [3.05, 3.63) is 11.9 Å². The highest BCUT2D eigenvalue weighted by Gasteiger charge is 2.27. The summed E-state index contributed by atoms with van der Waals surface area (Å²) in [7, 11) is -1.53. The predicted molar refractivity (Wildman–Crippen MR) is 79.1 cm³/mol. The maximum Gasteiger partial charge on any atom is 0.274 e. The van der Waals surface area contributed by atoms with Crippen LogP contribution in [-0.4, -0.2) is 54.9 Å². The Kier molecular flexibility index (Phi) is 4.52. The number of aromatic nitrogens is 2. The number of rotatable bonds is 4. The lowest BCUT2D eigenvalue weighted by atomic mass is 9.98. The van der Waals surface area contributed by atoms with E-state index in [-0.39, 0.29) is 11.8 Å². The molecule has 0 aromatic carbocycles. The van der Waals surface area contributed by atoms with Crippen LogP contribution in [0.25, 0.3) is 0 Å². The lowest BCUT2D eigenvalue weighted by molar-refractivity contribution is 0.0666. The van der Waals surface area contributed by atoms with Crippen LogP contribution in [-0.2, 0) is 17.1 Å². The highest BCUT2D eigenvalue weighted by Crippen LogP contribution is 2.20. The molecule has 21 heavy (non-hydrogen) atoms. The molecule has 2 heterocycles. The van der Waals surface area contributed by atoms with E-state index in [0.29, 0.717) is 31.0 Å². The van der Waals surface area contributed by atoms with Crippen molar-refractivity contribution in [1.82, 2.24) is 19.4 Å². The second-order valence-corrected chi connectivity index (χ2v) is 7.29. The Morgan fingerprint density at radius 1 is 1.57 bits per heavy atom. The van der Waals surface area contributed by atoms with Gasteiger partial charge in [-0.2, -0.15) is 5.10 Å². The number of nitrogens with zero attached hydrogens (tertiary/aromatic N) is 3. The van der Waals surface area contributed by atoms with Crippen molar-refractivity contribution in [1.29, 1.82) is 0 Å². The van der Waals surface area contributed by atoms with Crippen molar-refractivity contribution in [2.45, 2.75) is 12.8 Å². The molecule has 1 saturated heterocycles. The maximum absolute atomic E-state index is 12.5. The number of hydrogen-bond donors (Lipinski definition) is 2. The second kappa shape index (κ2) is 6.02. The quantitative estimate of drug-likeness (QED) is 0.771. The van der Waals surface area contributed by atoms with Gasteiger partial charge in [-0.25, -0.2) is 13.1 Å². The summed E-state index contributed by atoms with van der Waals surface area (Å²) in [5.74, 6) is -0.0385. The van der Waals surface area contributed by atoms with E-state index in [4.69, 9.17) is 5.73 Å². The van der Waals surface area contributed by atoms with Crippen molar-refractivity contribution in [2.75, 3.05) is 31.6 Å². The molecule has 1 fully saturated rings. The Morgan fingerprint density at radius 2 is 2.29 bits per heavy atom. The average molecular weight is 315 g/mol. The summed E-state index contributed by atoms with van der Waals surface area (Å²) in [5, 5.41) is 3.97. The largest absolute Gasteiger partial charge is 0.396 e. The number of sulfonamides is 1. The number of nitrogen functional groups attached to an aromatic ring is 1. The van der Waals surface area contributed by atoms with E-state index >= 15 is 0 Å². The molecule has 0 aliphatic carbocycles. The first-order valence-electron chi connectivity index (χ1n) is 6.79. The predicted octanol–water partition coefficient (Wildman–Crippen LogP) is -0.596. The molecule has 3 N–H and O–H groups in total. The van der Waals surface area contributed by atoms with E-state index < -0.39 is 10.0 Å². The fourth-order valence-electron chi connectivity index (χ4n) is 2.55. The molecule has 1 aromatic rings. The summed E-state index contributed by atoms with van der Waals surface area (Å²) in [5.41, 5.74) is 6.52. The van der Waals surface area contributed by atoms with Crippen LogP contribution >= 0.6 is 0 Å². The molecular formula is C12H21N5O3S. The standard InChI is InChI=1S/C12H21N5O3S/c1-16-11(10(13)7-14-16)12(18)17-5-3-4-9(8-17)6-15-21(2,19)20/h7,9,15H,3-6,8,13H2,1-2H3. The Bertz CT molecular complexity index is 605. The average Bonchev–Trinajstić information content (AvgIpc) is 2.75. The summed E-state index contributed by atoms with van der Waals surface area (Å²) < 4.78 is 26.3. The molecule has 0 saturated carbocycles. The van der Waals surface area contributed by atoms with Gasteiger partial charge in [-0.05, 0) is 18.8 Å². The van der Waals surface area contributed by atoms with Crippen LogP contribution in [0.15, 0.2) is 6.20 Å². The van der Waals surface area contributed by atoms with E-state index in [1.165, 1.54) is 10.9 Å². The first-order valence-corrected chi connectivity index (χ1v) is 8.68. The molecule has 118 valence electrons. The molecular weight excluding hydrogens is 294 g/mol. The third-order valence-electron chi connectivity index (χ3n) is 3.61. The molecule has 1 atom stereocenters. The zero-order chi connectivity index (χ0) is 15.6. The van der Waals surface area contributed by atoms with Gasteiger partial charge in [0.25, 0.3) is 5.91 Å². The number of likely N-dealkylation sites (tertiary alicyclic amines) is 1. The number of carbonyl (C=O) groups is 1. The van der Waals surface area contributed by atoms with Crippen molar-refractivity contribution in [3.8, 4) is 0 Å². The van der Waals surface area contributed by atoms with Gasteiger partial charge in [0.05, 0.1) is 18.1 Å². The van der Waals surface area contributed by atoms with Gasteiger partial charge in [0, 0.05) is 26.7 Å². The van der Waals surface area contributed by atoms with Gasteiger partial charge in [0.1, 0.15) is 5.69 Å². The highest BCUT2D eigenvalue weighted by molar-refractivity contribution is 7.88. The third kappa shape index (κ3) is 3.94. The molecule has 1 aliphatic heterocycles. The first-order chi connectivity index (χ1) is 9.78. The molecule has 0 radical (unpaired) electrons. The van der Waals surface area contributed by atoms with Crippen LogP contribution in [0.5, 0.6) is 0 Å². The fraction of sp³-hybridized carbons (Fsp3) is 0.667. The van der Waals surface area contributed by atoms with Crippen LogP contribution in [0.2, 0.25) is 0 Å².